The predicted molar refractivity (Wildman–Crippen MR) is 136 cm³/mol. The Hall–Kier alpha value is -2.74. The first-order valence-corrected chi connectivity index (χ1v) is 12.4. The topological polar surface area (TPSA) is 80.8 Å². The molecule has 0 unspecified atom stereocenters. The van der Waals surface area contributed by atoms with E-state index < -0.39 is 0 Å². The van der Waals surface area contributed by atoms with Crippen LogP contribution < -0.4 is 29.7 Å². The molecule has 1 saturated carbocycles. The Labute approximate surface area is 203 Å². The van der Waals surface area contributed by atoms with Crippen molar-refractivity contribution in [2.24, 2.45) is 0 Å². The van der Waals surface area contributed by atoms with Gasteiger partial charge in [-0.15, -0.1) is 0 Å². The Balaban J connectivity index is 1.34. The monoisotopic (exact) mass is 469 g/mol. The van der Waals surface area contributed by atoms with Crippen LogP contribution in [-0.4, -0.2) is 57.5 Å². The molecular formula is C26H39N5O3. The molecule has 0 spiro atoms. The van der Waals surface area contributed by atoms with Crippen molar-refractivity contribution < 1.29 is 14.2 Å². The van der Waals surface area contributed by atoms with Crippen LogP contribution in [0.2, 0.25) is 0 Å². The number of ether oxygens (including phenoxy) is 3. The van der Waals surface area contributed by atoms with E-state index in [1.807, 2.05) is 12.1 Å². The Morgan fingerprint density at radius 3 is 2.26 bits per heavy atom. The number of aryl methyl sites for hydroxylation is 1. The van der Waals surface area contributed by atoms with Gasteiger partial charge in [-0.05, 0) is 57.4 Å². The van der Waals surface area contributed by atoms with Crippen molar-refractivity contribution in [3.63, 3.8) is 0 Å². The molecule has 2 aliphatic carbocycles. The molecule has 2 aromatic rings. The molecule has 1 aromatic carbocycles. The van der Waals surface area contributed by atoms with Crippen LogP contribution in [0, 0.1) is 0 Å². The summed E-state index contributed by atoms with van der Waals surface area (Å²) in [6.45, 7) is 0.729. The minimum absolute atomic E-state index is 0.408. The number of nitrogens with zero attached hydrogens (tertiary/aromatic N) is 3. The van der Waals surface area contributed by atoms with E-state index in [0.717, 1.165) is 68.1 Å². The van der Waals surface area contributed by atoms with Gasteiger partial charge in [0, 0.05) is 43.9 Å². The number of hydrogen-bond donors (Lipinski definition) is 2. The average molecular weight is 470 g/mol. The van der Waals surface area contributed by atoms with E-state index in [1.165, 1.54) is 24.1 Å². The zero-order valence-electron chi connectivity index (χ0n) is 21.2. The second-order valence-corrected chi connectivity index (χ2v) is 9.46. The molecule has 2 N–H and O–H groups in total. The van der Waals surface area contributed by atoms with Crippen molar-refractivity contribution in [2.45, 2.75) is 70.0 Å². The lowest BCUT2D eigenvalue weighted by atomic mass is 9.91. The van der Waals surface area contributed by atoms with E-state index in [9.17, 15) is 0 Å². The molecule has 8 heteroatoms. The molecule has 1 heterocycles. The first-order chi connectivity index (χ1) is 16.5. The van der Waals surface area contributed by atoms with E-state index in [0.29, 0.717) is 23.6 Å². The SMILES string of the molecule is COc1ccc(CNC2CCC(Nc3nc4c(c(N(C)C)n3)CCCC4)CC2)c(OC)c1OC. The Bertz CT molecular complexity index is 973. The fraction of sp³-hybridized carbons (Fsp3) is 0.615. The van der Waals surface area contributed by atoms with E-state index in [-0.39, 0.29) is 0 Å². The fourth-order valence-corrected chi connectivity index (χ4v) is 5.19. The highest BCUT2D eigenvalue weighted by Gasteiger charge is 2.24. The standard InChI is InChI=1S/C26H39N5O3/c1-31(2)25-20-8-6-7-9-21(20)29-26(30-25)28-19-13-11-18(12-14-19)27-16-17-10-15-22(32-3)24(34-5)23(17)33-4/h10,15,18-19,27H,6-9,11-14,16H2,1-5H3,(H,28,29,30). The van der Waals surface area contributed by atoms with Crippen LogP contribution >= 0.6 is 0 Å². The molecule has 0 radical (unpaired) electrons. The molecule has 0 amide bonds. The van der Waals surface area contributed by atoms with Crippen LogP contribution in [0.1, 0.15) is 55.3 Å². The van der Waals surface area contributed by atoms with Gasteiger partial charge in [0.15, 0.2) is 11.5 Å². The van der Waals surface area contributed by atoms with Crippen molar-refractivity contribution in [3.05, 3.63) is 29.0 Å². The van der Waals surface area contributed by atoms with Crippen LogP contribution in [0.25, 0.3) is 0 Å². The summed E-state index contributed by atoms with van der Waals surface area (Å²) in [7, 11) is 9.09. The summed E-state index contributed by atoms with van der Waals surface area (Å²) in [6.07, 6.45) is 9.01. The molecule has 0 saturated heterocycles. The molecule has 0 aliphatic heterocycles. The van der Waals surface area contributed by atoms with Crippen molar-refractivity contribution >= 4 is 11.8 Å². The second-order valence-electron chi connectivity index (χ2n) is 9.46. The van der Waals surface area contributed by atoms with Crippen molar-refractivity contribution in [1.29, 1.82) is 0 Å². The molecule has 186 valence electrons. The van der Waals surface area contributed by atoms with Gasteiger partial charge in [-0.3, -0.25) is 0 Å². The van der Waals surface area contributed by atoms with Crippen molar-refractivity contribution in [3.8, 4) is 17.2 Å². The zero-order chi connectivity index (χ0) is 24.1. The molecule has 4 rings (SSSR count). The van der Waals surface area contributed by atoms with Gasteiger partial charge in [-0.1, -0.05) is 6.07 Å². The van der Waals surface area contributed by atoms with Gasteiger partial charge in [0.1, 0.15) is 5.82 Å². The van der Waals surface area contributed by atoms with E-state index in [1.54, 1.807) is 21.3 Å². The first kappa shape index (κ1) is 24.4. The predicted octanol–water partition coefficient (Wildman–Crippen LogP) is 3.96. The molecule has 1 fully saturated rings. The van der Waals surface area contributed by atoms with E-state index in [2.05, 4.69) is 29.6 Å². The third-order valence-electron chi connectivity index (χ3n) is 7.01. The van der Waals surface area contributed by atoms with Gasteiger partial charge in [0.05, 0.1) is 27.0 Å². The Kier molecular flexibility index (Phi) is 7.98. The average Bonchev–Trinajstić information content (AvgIpc) is 2.87. The highest BCUT2D eigenvalue weighted by Crippen LogP contribution is 2.40. The number of nitrogens with one attached hydrogen (secondary N) is 2. The maximum Gasteiger partial charge on any atom is 0.225 e. The number of aromatic nitrogens is 2. The Morgan fingerprint density at radius 1 is 0.882 bits per heavy atom. The van der Waals surface area contributed by atoms with Crippen LogP contribution in [0.3, 0.4) is 0 Å². The highest BCUT2D eigenvalue weighted by atomic mass is 16.5. The summed E-state index contributed by atoms with van der Waals surface area (Å²) in [5.41, 5.74) is 3.63. The maximum atomic E-state index is 5.63. The molecule has 1 aromatic heterocycles. The normalized spacial score (nSPS) is 19.8. The summed E-state index contributed by atoms with van der Waals surface area (Å²) in [5.74, 6) is 3.91. The van der Waals surface area contributed by atoms with Gasteiger partial charge < -0.3 is 29.7 Å². The number of hydrogen-bond acceptors (Lipinski definition) is 8. The van der Waals surface area contributed by atoms with Crippen LogP contribution in [0.15, 0.2) is 12.1 Å². The third-order valence-corrected chi connectivity index (χ3v) is 7.01. The lowest BCUT2D eigenvalue weighted by Gasteiger charge is -2.31. The quantitative estimate of drug-likeness (QED) is 0.571. The number of anilines is 2. The molecule has 0 atom stereocenters. The number of rotatable bonds is 9. The Morgan fingerprint density at radius 2 is 1.59 bits per heavy atom. The number of methoxy groups -OCH3 is 3. The minimum Gasteiger partial charge on any atom is -0.493 e. The largest absolute Gasteiger partial charge is 0.493 e. The second kappa shape index (κ2) is 11.1. The molecular weight excluding hydrogens is 430 g/mol. The van der Waals surface area contributed by atoms with Gasteiger partial charge >= 0.3 is 0 Å². The summed E-state index contributed by atoms with van der Waals surface area (Å²) in [5, 5.41) is 7.35. The zero-order valence-corrected chi connectivity index (χ0v) is 21.2. The van der Waals surface area contributed by atoms with E-state index >= 15 is 0 Å². The van der Waals surface area contributed by atoms with Crippen molar-refractivity contribution in [1.82, 2.24) is 15.3 Å². The fourth-order valence-electron chi connectivity index (χ4n) is 5.19. The molecule has 0 bridgehead atoms. The van der Waals surface area contributed by atoms with Gasteiger partial charge in [-0.2, -0.15) is 4.98 Å². The summed E-state index contributed by atoms with van der Waals surface area (Å²) < 4.78 is 16.5. The number of fused-ring (bicyclic) bond motifs is 1. The molecule has 34 heavy (non-hydrogen) atoms. The van der Waals surface area contributed by atoms with Crippen LogP contribution in [0.4, 0.5) is 11.8 Å². The lowest BCUT2D eigenvalue weighted by molar-refractivity contribution is 0.318. The van der Waals surface area contributed by atoms with Crippen LogP contribution in [0.5, 0.6) is 17.2 Å². The summed E-state index contributed by atoms with van der Waals surface area (Å²) in [6, 6.07) is 4.85. The maximum absolute atomic E-state index is 5.63. The minimum atomic E-state index is 0.408. The third kappa shape index (κ3) is 5.32. The van der Waals surface area contributed by atoms with Gasteiger partial charge in [-0.25, -0.2) is 4.98 Å². The van der Waals surface area contributed by atoms with Crippen molar-refractivity contribution in [2.75, 3.05) is 45.6 Å². The summed E-state index contributed by atoms with van der Waals surface area (Å²) in [4.78, 5) is 11.9. The smallest absolute Gasteiger partial charge is 0.225 e. The van der Waals surface area contributed by atoms with Crippen LogP contribution in [-0.2, 0) is 19.4 Å². The molecule has 2 aliphatic rings. The summed E-state index contributed by atoms with van der Waals surface area (Å²) >= 11 is 0. The van der Waals surface area contributed by atoms with Gasteiger partial charge in [0.2, 0.25) is 11.7 Å². The first-order valence-electron chi connectivity index (χ1n) is 12.4. The highest BCUT2D eigenvalue weighted by molar-refractivity contribution is 5.56. The molecule has 8 nitrogen and oxygen atoms in total. The van der Waals surface area contributed by atoms with Gasteiger partial charge in [0.25, 0.3) is 0 Å². The number of benzene rings is 1. The van der Waals surface area contributed by atoms with E-state index in [4.69, 9.17) is 24.2 Å². The lowest BCUT2D eigenvalue weighted by Crippen LogP contribution is -2.37.